The third-order valence-corrected chi connectivity index (χ3v) is 2.93. The first kappa shape index (κ1) is 15.2. The van der Waals surface area contributed by atoms with Gasteiger partial charge in [0.2, 0.25) is 5.91 Å². The van der Waals surface area contributed by atoms with Crippen LogP contribution in [-0.4, -0.2) is 44.0 Å². The zero-order valence-corrected chi connectivity index (χ0v) is 11.6. The minimum Gasteiger partial charge on any atom is -0.468 e. The van der Waals surface area contributed by atoms with Crippen molar-refractivity contribution in [2.24, 2.45) is 0 Å². The number of hydrogen-bond donors (Lipinski definition) is 1. The van der Waals surface area contributed by atoms with Gasteiger partial charge in [0.1, 0.15) is 6.04 Å². The smallest absolute Gasteiger partial charge is 0.327 e. The molecule has 0 aliphatic heterocycles. The highest BCUT2D eigenvalue weighted by atomic mass is 16.5. The molecule has 5 nitrogen and oxygen atoms in total. The van der Waals surface area contributed by atoms with Crippen LogP contribution in [-0.2, 0) is 14.3 Å². The van der Waals surface area contributed by atoms with E-state index in [2.05, 4.69) is 5.32 Å². The Balaban J connectivity index is 2.72. The van der Waals surface area contributed by atoms with E-state index < -0.39 is 12.0 Å². The molecule has 0 heterocycles. The summed E-state index contributed by atoms with van der Waals surface area (Å²) in [5, 5.41) is 2.94. The molecule has 0 aliphatic carbocycles. The molecule has 0 saturated carbocycles. The van der Waals surface area contributed by atoms with Gasteiger partial charge in [0.25, 0.3) is 0 Å². The molecule has 0 fully saturated rings. The number of likely N-dealkylation sites (N-methyl/N-ethyl adjacent to an activating group) is 1. The summed E-state index contributed by atoms with van der Waals surface area (Å²) in [5.74, 6) is -0.467. The summed E-state index contributed by atoms with van der Waals surface area (Å²) >= 11 is 0. The van der Waals surface area contributed by atoms with Crippen LogP contribution in [0.4, 0.5) is 0 Å². The third kappa shape index (κ3) is 4.37. The first-order valence-corrected chi connectivity index (χ1v) is 6.20. The molecule has 0 bridgehead atoms. The van der Waals surface area contributed by atoms with E-state index in [4.69, 9.17) is 4.74 Å². The molecule has 1 aromatic rings. The molecule has 104 valence electrons. The SMILES string of the molecule is CCN(C)C(=O)CNC(C(=O)OC)c1ccccc1. The fourth-order valence-corrected chi connectivity index (χ4v) is 1.60. The molecule has 0 radical (unpaired) electrons. The van der Waals surface area contributed by atoms with E-state index >= 15 is 0 Å². The highest BCUT2D eigenvalue weighted by Gasteiger charge is 2.21. The molecule has 0 aliphatic rings. The van der Waals surface area contributed by atoms with Gasteiger partial charge in [-0.05, 0) is 12.5 Å². The molecule has 1 N–H and O–H groups in total. The molecule has 1 amide bonds. The zero-order valence-electron chi connectivity index (χ0n) is 11.6. The Bertz CT molecular complexity index is 420. The monoisotopic (exact) mass is 264 g/mol. The van der Waals surface area contributed by atoms with Crippen LogP contribution in [0.25, 0.3) is 0 Å². The molecular formula is C14H20N2O3. The summed E-state index contributed by atoms with van der Waals surface area (Å²) in [6.07, 6.45) is 0. The molecule has 0 spiro atoms. The van der Waals surface area contributed by atoms with E-state index in [9.17, 15) is 9.59 Å². The van der Waals surface area contributed by atoms with Crippen molar-refractivity contribution in [1.82, 2.24) is 10.2 Å². The van der Waals surface area contributed by atoms with Crippen molar-refractivity contribution in [3.8, 4) is 0 Å². The first-order valence-electron chi connectivity index (χ1n) is 6.20. The summed E-state index contributed by atoms with van der Waals surface area (Å²) in [6.45, 7) is 2.63. The van der Waals surface area contributed by atoms with E-state index in [1.165, 1.54) is 7.11 Å². The van der Waals surface area contributed by atoms with Gasteiger partial charge in [-0.1, -0.05) is 30.3 Å². The lowest BCUT2D eigenvalue weighted by atomic mass is 10.1. The predicted octanol–water partition coefficient (Wildman–Crippen LogP) is 0.969. The highest BCUT2D eigenvalue weighted by Crippen LogP contribution is 2.13. The van der Waals surface area contributed by atoms with Gasteiger partial charge in [-0.2, -0.15) is 0 Å². The average molecular weight is 264 g/mol. The van der Waals surface area contributed by atoms with Crippen LogP contribution in [0.2, 0.25) is 0 Å². The van der Waals surface area contributed by atoms with Crippen LogP contribution in [0.15, 0.2) is 30.3 Å². The minimum absolute atomic E-state index is 0.0627. The Kier molecular flexibility index (Phi) is 6.02. The molecule has 19 heavy (non-hydrogen) atoms. The number of nitrogens with zero attached hydrogens (tertiary/aromatic N) is 1. The van der Waals surface area contributed by atoms with Crippen molar-refractivity contribution in [2.75, 3.05) is 27.2 Å². The molecule has 1 unspecified atom stereocenters. The van der Waals surface area contributed by atoms with Gasteiger partial charge in [0, 0.05) is 13.6 Å². The molecule has 0 saturated heterocycles. The van der Waals surface area contributed by atoms with Gasteiger partial charge < -0.3 is 9.64 Å². The number of carbonyl (C=O) groups is 2. The lowest BCUT2D eigenvalue weighted by Crippen LogP contribution is -2.39. The largest absolute Gasteiger partial charge is 0.468 e. The predicted molar refractivity (Wildman–Crippen MR) is 72.5 cm³/mol. The van der Waals surface area contributed by atoms with Gasteiger partial charge in [-0.25, -0.2) is 4.79 Å². The molecule has 0 aromatic heterocycles. The quantitative estimate of drug-likeness (QED) is 0.778. The Morgan fingerprint density at radius 3 is 2.47 bits per heavy atom. The third-order valence-electron chi connectivity index (χ3n) is 2.93. The van der Waals surface area contributed by atoms with Gasteiger partial charge in [0.05, 0.1) is 13.7 Å². The van der Waals surface area contributed by atoms with Crippen LogP contribution in [0.1, 0.15) is 18.5 Å². The fraction of sp³-hybridized carbons (Fsp3) is 0.429. The summed E-state index contributed by atoms with van der Waals surface area (Å²) in [4.78, 5) is 25.1. The number of ether oxygens (including phenoxy) is 1. The van der Waals surface area contributed by atoms with E-state index in [1.54, 1.807) is 11.9 Å². The Labute approximate surface area is 113 Å². The standard InChI is InChI=1S/C14H20N2O3/c1-4-16(2)12(17)10-15-13(14(18)19-3)11-8-6-5-7-9-11/h5-9,13,15H,4,10H2,1-3H3. The minimum atomic E-state index is -0.625. The molecule has 1 atom stereocenters. The topological polar surface area (TPSA) is 58.6 Å². The van der Waals surface area contributed by atoms with Crippen molar-refractivity contribution in [3.05, 3.63) is 35.9 Å². The normalized spacial score (nSPS) is 11.7. The zero-order chi connectivity index (χ0) is 14.3. The Morgan fingerprint density at radius 1 is 1.32 bits per heavy atom. The van der Waals surface area contributed by atoms with Crippen LogP contribution < -0.4 is 5.32 Å². The molecular weight excluding hydrogens is 244 g/mol. The lowest BCUT2D eigenvalue weighted by molar-refractivity contribution is -0.143. The maximum atomic E-state index is 11.8. The van der Waals surface area contributed by atoms with Gasteiger partial charge >= 0.3 is 5.97 Å². The summed E-state index contributed by atoms with van der Waals surface area (Å²) in [6, 6.07) is 8.57. The van der Waals surface area contributed by atoms with E-state index in [0.29, 0.717) is 6.54 Å². The van der Waals surface area contributed by atoms with Crippen molar-refractivity contribution in [2.45, 2.75) is 13.0 Å². The number of rotatable bonds is 6. The van der Waals surface area contributed by atoms with Crippen LogP contribution >= 0.6 is 0 Å². The number of amides is 1. The fourth-order valence-electron chi connectivity index (χ4n) is 1.60. The average Bonchev–Trinajstić information content (AvgIpc) is 2.47. The van der Waals surface area contributed by atoms with Crippen molar-refractivity contribution < 1.29 is 14.3 Å². The molecule has 1 rings (SSSR count). The van der Waals surface area contributed by atoms with Crippen LogP contribution in [0, 0.1) is 0 Å². The van der Waals surface area contributed by atoms with Crippen molar-refractivity contribution in [3.63, 3.8) is 0 Å². The van der Waals surface area contributed by atoms with Crippen LogP contribution in [0.5, 0.6) is 0 Å². The van der Waals surface area contributed by atoms with Gasteiger partial charge in [-0.3, -0.25) is 10.1 Å². The van der Waals surface area contributed by atoms with Crippen molar-refractivity contribution >= 4 is 11.9 Å². The first-order chi connectivity index (χ1) is 9.10. The van der Waals surface area contributed by atoms with E-state index in [0.717, 1.165) is 5.56 Å². The summed E-state index contributed by atoms with van der Waals surface area (Å²) in [5.41, 5.74) is 0.779. The number of esters is 1. The van der Waals surface area contributed by atoms with E-state index in [-0.39, 0.29) is 12.5 Å². The maximum absolute atomic E-state index is 11.8. The van der Waals surface area contributed by atoms with Gasteiger partial charge in [0.15, 0.2) is 0 Å². The highest BCUT2D eigenvalue weighted by molar-refractivity contribution is 5.81. The summed E-state index contributed by atoms with van der Waals surface area (Å²) < 4.78 is 4.76. The Hall–Kier alpha value is -1.88. The number of nitrogens with one attached hydrogen (secondary N) is 1. The number of benzene rings is 1. The van der Waals surface area contributed by atoms with E-state index in [1.807, 2.05) is 37.3 Å². The van der Waals surface area contributed by atoms with Crippen LogP contribution in [0.3, 0.4) is 0 Å². The van der Waals surface area contributed by atoms with Gasteiger partial charge in [-0.15, -0.1) is 0 Å². The second-order valence-electron chi connectivity index (χ2n) is 4.16. The molecule has 1 aromatic carbocycles. The summed E-state index contributed by atoms with van der Waals surface area (Å²) in [7, 11) is 3.06. The molecule has 5 heteroatoms. The number of hydrogen-bond acceptors (Lipinski definition) is 4. The maximum Gasteiger partial charge on any atom is 0.327 e. The lowest BCUT2D eigenvalue weighted by Gasteiger charge is -2.19. The Morgan fingerprint density at radius 2 is 1.95 bits per heavy atom. The second kappa shape index (κ2) is 7.53. The second-order valence-corrected chi connectivity index (χ2v) is 4.16. The number of carbonyl (C=O) groups excluding carboxylic acids is 2. The van der Waals surface area contributed by atoms with Crippen molar-refractivity contribution in [1.29, 1.82) is 0 Å². The number of methoxy groups -OCH3 is 1.